The van der Waals surface area contributed by atoms with Crippen molar-refractivity contribution in [3.63, 3.8) is 0 Å². The SMILES string of the molecule is CC[C@@H](C(=O)NC)N(Cc1ccc(C)cc1)C(=O)CN(c1ccc(F)cc1)S(=O)(=O)c1ccc(C)cc1. The van der Waals surface area contributed by atoms with Crippen LogP contribution in [0.25, 0.3) is 0 Å². The molecule has 0 aromatic heterocycles. The van der Waals surface area contributed by atoms with Gasteiger partial charge >= 0.3 is 0 Å². The highest BCUT2D eigenvalue weighted by Crippen LogP contribution is 2.25. The summed E-state index contributed by atoms with van der Waals surface area (Å²) in [6, 6.07) is 17.9. The Bertz CT molecular complexity index is 1330. The first-order chi connectivity index (χ1) is 17.6. The lowest BCUT2D eigenvalue weighted by Crippen LogP contribution is -2.51. The molecule has 3 rings (SSSR count). The highest BCUT2D eigenvalue weighted by molar-refractivity contribution is 7.92. The number of aryl methyl sites for hydroxylation is 2. The fraction of sp³-hybridized carbons (Fsp3) is 0.286. The molecule has 7 nitrogen and oxygen atoms in total. The normalized spacial score (nSPS) is 12.0. The predicted molar refractivity (Wildman–Crippen MR) is 142 cm³/mol. The summed E-state index contributed by atoms with van der Waals surface area (Å²) in [7, 11) is -2.69. The summed E-state index contributed by atoms with van der Waals surface area (Å²) in [5, 5.41) is 2.59. The van der Waals surface area contributed by atoms with Crippen LogP contribution in [-0.2, 0) is 26.2 Å². The molecular weight excluding hydrogens is 493 g/mol. The van der Waals surface area contributed by atoms with Crippen LogP contribution in [0.1, 0.15) is 30.0 Å². The Balaban J connectivity index is 2.04. The molecule has 0 aliphatic heterocycles. The van der Waals surface area contributed by atoms with Gasteiger partial charge in [-0.1, -0.05) is 54.4 Å². The zero-order valence-corrected chi connectivity index (χ0v) is 22.3. The molecular formula is C28H32FN3O4S. The van der Waals surface area contributed by atoms with Gasteiger partial charge < -0.3 is 10.2 Å². The van der Waals surface area contributed by atoms with Crippen molar-refractivity contribution in [3.8, 4) is 0 Å². The number of anilines is 1. The minimum atomic E-state index is -4.19. The molecule has 0 unspecified atom stereocenters. The summed E-state index contributed by atoms with van der Waals surface area (Å²) in [6.07, 6.45) is 0.332. The van der Waals surface area contributed by atoms with Crippen LogP contribution in [0.3, 0.4) is 0 Å². The summed E-state index contributed by atoms with van der Waals surface area (Å²) >= 11 is 0. The molecule has 0 aliphatic carbocycles. The topological polar surface area (TPSA) is 86.8 Å². The van der Waals surface area contributed by atoms with Gasteiger partial charge in [0, 0.05) is 13.6 Å². The molecule has 0 fully saturated rings. The van der Waals surface area contributed by atoms with Crippen molar-refractivity contribution in [2.24, 2.45) is 0 Å². The minimum absolute atomic E-state index is 0.00125. The zero-order valence-electron chi connectivity index (χ0n) is 21.4. The molecule has 0 radical (unpaired) electrons. The van der Waals surface area contributed by atoms with E-state index < -0.39 is 34.3 Å². The number of halogens is 1. The number of likely N-dealkylation sites (N-methyl/N-ethyl adjacent to an activating group) is 1. The molecule has 1 atom stereocenters. The van der Waals surface area contributed by atoms with Crippen molar-refractivity contribution < 1.29 is 22.4 Å². The van der Waals surface area contributed by atoms with Gasteiger partial charge in [0.25, 0.3) is 10.0 Å². The largest absolute Gasteiger partial charge is 0.357 e. The van der Waals surface area contributed by atoms with E-state index in [-0.39, 0.29) is 23.0 Å². The van der Waals surface area contributed by atoms with Crippen molar-refractivity contribution in [3.05, 3.63) is 95.3 Å². The number of carbonyl (C=O) groups excluding carboxylic acids is 2. The van der Waals surface area contributed by atoms with Crippen molar-refractivity contribution in [1.29, 1.82) is 0 Å². The van der Waals surface area contributed by atoms with Crippen LogP contribution < -0.4 is 9.62 Å². The third-order valence-corrected chi connectivity index (χ3v) is 7.90. The van der Waals surface area contributed by atoms with Crippen LogP contribution in [0.2, 0.25) is 0 Å². The Labute approximate surface area is 218 Å². The third-order valence-electron chi connectivity index (χ3n) is 6.11. The minimum Gasteiger partial charge on any atom is -0.357 e. The monoisotopic (exact) mass is 525 g/mol. The summed E-state index contributed by atoms with van der Waals surface area (Å²) < 4.78 is 42.0. The number of carbonyl (C=O) groups is 2. The van der Waals surface area contributed by atoms with E-state index in [0.29, 0.717) is 6.42 Å². The lowest BCUT2D eigenvalue weighted by atomic mass is 10.1. The Morgan fingerprint density at radius 2 is 1.43 bits per heavy atom. The lowest BCUT2D eigenvalue weighted by molar-refractivity contribution is -0.140. The number of benzene rings is 3. The fourth-order valence-electron chi connectivity index (χ4n) is 3.95. The third kappa shape index (κ3) is 6.74. The maximum absolute atomic E-state index is 13.8. The molecule has 9 heteroatoms. The molecule has 3 aromatic rings. The average Bonchev–Trinajstić information content (AvgIpc) is 2.88. The first-order valence-corrected chi connectivity index (χ1v) is 13.4. The highest BCUT2D eigenvalue weighted by Gasteiger charge is 2.33. The van der Waals surface area contributed by atoms with Crippen LogP contribution in [0.15, 0.2) is 77.7 Å². The zero-order chi connectivity index (χ0) is 27.2. The van der Waals surface area contributed by atoms with E-state index in [1.54, 1.807) is 19.1 Å². The van der Waals surface area contributed by atoms with E-state index >= 15 is 0 Å². The molecule has 196 valence electrons. The Morgan fingerprint density at radius 1 is 0.892 bits per heavy atom. The number of amides is 2. The summed E-state index contributed by atoms with van der Waals surface area (Å²) in [4.78, 5) is 27.9. The first-order valence-electron chi connectivity index (χ1n) is 12.0. The molecule has 2 amide bonds. The van der Waals surface area contributed by atoms with Crippen LogP contribution in [0.4, 0.5) is 10.1 Å². The maximum Gasteiger partial charge on any atom is 0.264 e. The van der Waals surface area contributed by atoms with E-state index in [2.05, 4.69) is 5.32 Å². The number of rotatable bonds is 10. The molecule has 0 aliphatic rings. The van der Waals surface area contributed by atoms with Crippen molar-refractivity contribution in [2.45, 2.75) is 44.7 Å². The average molecular weight is 526 g/mol. The predicted octanol–water partition coefficient (Wildman–Crippen LogP) is 4.19. The molecule has 0 bridgehead atoms. The van der Waals surface area contributed by atoms with E-state index in [4.69, 9.17) is 0 Å². The van der Waals surface area contributed by atoms with Gasteiger partial charge in [0.2, 0.25) is 11.8 Å². The molecule has 0 heterocycles. The van der Waals surface area contributed by atoms with Gasteiger partial charge in [0.1, 0.15) is 18.4 Å². The van der Waals surface area contributed by atoms with Gasteiger partial charge in [-0.05, 0) is 62.2 Å². The second-order valence-corrected chi connectivity index (χ2v) is 10.7. The second kappa shape index (κ2) is 12.0. The van der Waals surface area contributed by atoms with Gasteiger partial charge in [-0.25, -0.2) is 12.8 Å². The Kier molecular flexibility index (Phi) is 9.04. The van der Waals surface area contributed by atoms with Crippen LogP contribution >= 0.6 is 0 Å². The fourth-order valence-corrected chi connectivity index (χ4v) is 5.36. The first kappa shape index (κ1) is 27.9. The van der Waals surface area contributed by atoms with Gasteiger partial charge in [0.15, 0.2) is 0 Å². The molecule has 0 saturated heterocycles. The quantitative estimate of drug-likeness (QED) is 0.430. The van der Waals surface area contributed by atoms with E-state index in [9.17, 15) is 22.4 Å². The Morgan fingerprint density at radius 3 is 1.95 bits per heavy atom. The van der Waals surface area contributed by atoms with Gasteiger partial charge in [-0.2, -0.15) is 0 Å². The number of hydrogen-bond donors (Lipinski definition) is 1. The summed E-state index contributed by atoms with van der Waals surface area (Å²) in [6.45, 7) is 5.12. The maximum atomic E-state index is 13.8. The highest BCUT2D eigenvalue weighted by atomic mass is 32.2. The number of hydrogen-bond acceptors (Lipinski definition) is 4. The van der Waals surface area contributed by atoms with Crippen molar-refractivity contribution in [1.82, 2.24) is 10.2 Å². The van der Waals surface area contributed by atoms with Gasteiger partial charge in [0.05, 0.1) is 10.6 Å². The summed E-state index contributed by atoms with van der Waals surface area (Å²) in [5.41, 5.74) is 2.87. The molecule has 3 aromatic carbocycles. The standard InChI is InChI=1S/C28H32FN3O4S/c1-5-26(28(34)30-4)31(18-22-10-6-20(2)7-11-22)27(33)19-32(24-14-12-23(29)13-15-24)37(35,36)25-16-8-21(3)9-17-25/h6-17,26H,5,18-19H2,1-4H3,(H,30,34)/t26-/m0/s1. The Hall–Kier alpha value is -3.72. The van der Waals surface area contributed by atoms with Crippen molar-refractivity contribution in [2.75, 3.05) is 17.9 Å². The van der Waals surface area contributed by atoms with E-state index in [1.807, 2.05) is 38.1 Å². The number of sulfonamides is 1. The molecule has 1 N–H and O–H groups in total. The molecule has 0 spiro atoms. The molecule has 37 heavy (non-hydrogen) atoms. The van der Waals surface area contributed by atoms with Crippen LogP contribution in [-0.4, -0.2) is 44.8 Å². The number of nitrogens with one attached hydrogen (secondary N) is 1. The molecule has 0 saturated carbocycles. The summed E-state index contributed by atoms with van der Waals surface area (Å²) in [5.74, 6) is -1.44. The number of nitrogens with zero attached hydrogens (tertiary/aromatic N) is 2. The van der Waals surface area contributed by atoms with Crippen molar-refractivity contribution >= 4 is 27.5 Å². The smallest absolute Gasteiger partial charge is 0.264 e. The second-order valence-electron chi connectivity index (χ2n) is 8.85. The van der Waals surface area contributed by atoms with E-state index in [1.165, 1.54) is 36.2 Å². The van der Waals surface area contributed by atoms with Gasteiger partial charge in [-0.15, -0.1) is 0 Å². The van der Waals surface area contributed by atoms with Gasteiger partial charge in [-0.3, -0.25) is 13.9 Å². The van der Waals surface area contributed by atoms with E-state index in [0.717, 1.165) is 33.1 Å². The van der Waals surface area contributed by atoms with Crippen LogP contribution in [0, 0.1) is 19.7 Å². The lowest BCUT2D eigenvalue weighted by Gasteiger charge is -2.33. The van der Waals surface area contributed by atoms with Crippen LogP contribution in [0.5, 0.6) is 0 Å².